The Bertz CT molecular complexity index is 1340. The van der Waals surface area contributed by atoms with Crippen molar-refractivity contribution in [1.82, 2.24) is 9.47 Å². The number of rotatable bonds is 7. The number of amides is 1. The van der Waals surface area contributed by atoms with Crippen LogP contribution >= 0.6 is 11.6 Å². The predicted molar refractivity (Wildman–Crippen MR) is 145 cm³/mol. The minimum Gasteiger partial charge on any atom is -0.497 e. The van der Waals surface area contributed by atoms with Gasteiger partial charge in [0, 0.05) is 66.6 Å². The summed E-state index contributed by atoms with van der Waals surface area (Å²) in [6, 6.07) is 22.0. The van der Waals surface area contributed by atoms with Crippen LogP contribution in [0.15, 0.2) is 72.9 Å². The lowest BCUT2D eigenvalue weighted by Gasteiger charge is -2.36. The molecule has 0 radical (unpaired) electrons. The highest BCUT2D eigenvalue weighted by Gasteiger charge is 2.23. The molecule has 0 atom stereocenters. The van der Waals surface area contributed by atoms with Crippen LogP contribution in [0.2, 0.25) is 5.02 Å². The summed E-state index contributed by atoms with van der Waals surface area (Å²) >= 11 is 6.02. The number of carbonyl (C=O) groups excluding carboxylic acids is 1. The monoisotopic (exact) mass is 503 g/mol. The van der Waals surface area contributed by atoms with Crippen molar-refractivity contribution in [2.45, 2.75) is 13.0 Å². The lowest BCUT2D eigenvalue weighted by atomic mass is 10.1. The van der Waals surface area contributed by atoms with E-state index in [-0.39, 0.29) is 5.91 Å². The number of carbonyl (C=O) groups is 1. The van der Waals surface area contributed by atoms with Gasteiger partial charge in [-0.25, -0.2) is 0 Å². The summed E-state index contributed by atoms with van der Waals surface area (Å²) in [6.45, 7) is 3.70. The first-order chi connectivity index (χ1) is 17.5. The van der Waals surface area contributed by atoms with Gasteiger partial charge in [-0.15, -0.1) is 0 Å². The van der Waals surface area contributed by atoms with E-state index in [1.807, 2.05) is 59.5 Å². The molecule has 1 saturated heterocycles. The van der Waals surface area contributed by atoms with Crippen LogP contribution in [0.1, 0.15) is 11.1 Å². The number of nitrogens with zero attached hydrogens (tertiary/aromatic N) is 3. The highest BCUT2D eigenvalue weighted by Crippen LogP contribution is 2.27. The Kier molecular flexibility index (Phi) is 7.05. The van der Waals surface area contributed by atoms with Crippen LogP contribution in [-0.4, -0.2) is 55.8 Å². The van der Waals surface area contributed by atoms with E-state index in [1.54, 1.807) is 14.2 Å². The van der Waals surface area contributed by atoms with Gasteiger partial charge in [-0.3, -0.25) is 4.79 Å². The molecular formula is C29H30ClN3O3. The van der Waals surface area contributed by atoms with Gasteiger partial charge in [0.2, 0.25) is 5.91 Å². The second-order valence-corrected chi connectivity index (χ2v) is 9.48. The molecule has 6 nitrogen and oxygen atoms in total. The van der Waals surface area contributed by atoms with Crippen molar-refractivity contribution in [2.24, 2.45) is 0 Å². The van der Waals surface area contributed by atoms with Gasteiger partial charge in [0.1, 0.15) is 11.5 Å². The van der Waals surface area contributed by atoms with E-state index in [2.05, 4.69) is 27.8 Å². The molecule has 0 N–H and O–H groups in total. The van der Waals surface area contributed by atoms with Crippen LogP contribution in [0.3, 0.4) is 0 Å². The molecule has 36 heavy (non-hydrogen) atoms. The van der Waals surface area contributed by atoms with Gasteiger partial charge in [0.15, 0.2) is 0 Å². The Morgan fingerprint density at radius 3 is 2.22 bits per heavy atom. The van der Waals surface area contributed by atoms with Crippen molar-refractivity contribution in [3.63, 3.8) is 0 Å². The zero-order chi connectivity index (χ0) is 25.1. The molecule has 0 unspecified atom stereocenters. The van der Waals surface area contributed by atoms with E-state index >= 15 is 0 Å². The zero-order valence-electron chi connectivity index (χ0n) is 20.6. The van der Waals surface area contributed by atoms with Crippen molar-refractivity contribution < 1.29 is 14.3 Å². The molecule has 1 fully saturated rings. The van der Waals surface area contributed by atoms with Gasteiger partial charge in [0.25, 0.3) is 0 Å². The SMILES string of the molecule is COc1cc(Cn2cc(CC(=O)N3CCN(c4ccc(Cl)cc4)CC3)c3ccccc32)cc(OC)c1. The summed E-state index contributed by atoms with van der Waals surface area (Å²) in [5.41, 5.74) is 4.37. The van der Waals surface area contributed by atoms with Crippen LogP contribution in [0, 0.1) is 0 Å². The molecule has 1 aliphatic heterocycles. The standard InChI is InChI=1S/C29H30ClN3O3/c1-35-25-15-21(16-26(18-25)36-2)19-33-20-22(27-5-3-4-6-28(27)33)17-29(34)32-13-11-31(12-14-32)24-9-7-23(30)8-10-24/h3-10,15-16,18,20H,11-14,17,19H2,1-2H3. The number of para-hydroxylation sites is 1. The Morgan fingerprint density at radius 2 is 1.56 bits per heavy atom. The second-order valence-electron chi connectivity index (χ2n) is 9.04. The lowest BCUT2D eigenvalue weighted by molar-refractivity contribution is -0.130. The fourth-order valence-corrected chi connectivity index (χ4v) is 5.02. The van der Waals surface area contributed by atoms with Gasteiger partial charge in [-0.1, -0.05) is 29.8 Å². The number of fused-ring (bicyclic) bond motifs is 1. The summed E-state index contributed by atoms with van der Waals surface area (Å²) in [5.74, 6) is 1.68. The van der Waals surface area contributed by atoms with Gasteiger partial charge >= 0.3 is 0 Å². The minimum absolute atomic E-state index is 0.164. The molecular weight excluding hydrogens is 474 g/mol. The summed E-state index contributed by atoms with van der Waals surface area (Å²) in [5, 5.41) is 1.85. The van der Waals surface area contributed by atoms with Crippen molar-refractivity contribution >= 4 is 34.1 Å². The van der Waals surface area contributed by atoms with E-state index in [1.165, 1.54) is 0 Å². The van der Waals surface area contributed by atoms with Gasteiger partial charge in [-0.05, 0) is 53.6 Å². The molecule has 4 aromatic rings. The van der Waals surface area contributed by atoms with Gasteiger partial charge < -0.3 is 23.8 Å². The number of anilines is 1. The van der Waals surface area contributed by atoms with E-state index in [4.69, 9.17) is 21.1 Å². The molecule has 3 aromatic carbocycles. The average Bonchev–Trinajstić information content (AvgIpc) is 3.25. The third-order valence-electron chi connectivity index (χ3n) is 6.80. The normalized spacial score (nSPS) is 13.8. The highest BCUT2D eigenvalue weighted by atomic mass is 35.5. The lowest BCUT2D eigenvalue weighted by Crippen LogP contribution is -2.49. The quantitative estimate of drug-likeness (QED) is 0.345. The number of ether oxygens (including phenoxy) is 2. The first kappa shape index (κ1) is 24.1. The molecule has 0 aliphatic carbocycles. The first-order valence-corrected chi connectivity index (χ1v) is 12.5. The Morgan fingerprint density at radius 1 is 0.889 bits per heavy atom. The van der Waals surface area contributed by atoms with Crippen LogP contribution in [0.25, 0.3) is 10.9 Å². The summed E-state index contributed by atoms with van der Waals surface area (Å²) < 4.78 is 13.1. The Hall–Kier alpha value is -3.64. The average molecular weight is 504 g/mol. The van der Waals surface area contributed by atoms with E-state index in [0.29, 0.717) is 26.1 Å². The largest absolute Gasteiger partial charge is 0.497 e. The smallest absolute Gasteiger partial charge is 0.227 e. The zero-order valence-corrected chi connectivity index (χ0v) is 21.4. The van der Waals surface area contributed by atoms with E-state index < -0.39 is 0 Å². The number of hydrogen-bond acceptors (Lipinski definition) is 4. The fraction of sp³-hybridized carbons (Fsp3) is 0.276. The summed E-state index contributed by atoms with van der Waals surface area (Å²) in [4.78, 5) is 17.6. The minimum atomic E-state index is 0.164. The van der Waals surface area contributed by atoms with Crippen LogP contribution in [0.5, 0.6) is 11.5 Å². The van der Waals surface area contributed by atoms with Crippen molar-refractivity contribution in [3.05, 3.63) is 89.1 Å². The van der Waals surface area contributed by atoms with Crippen molar-refractivity contribution in [2.75, 3.05) is 45.3 Å². The summed E-state index contributed by atoms with van der Waals surface area (Å²) in [6.07, 6.45) is 2.49. The molecule has 186 valence electrons. The van der Waals surface area contributed by atoms with Crippen LogP contribution in [0.4, 0.5) is 5.69 Å². The maximum Gasteiger partial charge on any atom is 0.227 e. The molecule has 5 rings (SSSR count). The third kappa shape index (κ3) is 5.14. The van der Waals surface area contributed by atoms with Crippen LogP contribution in [-0.2, 0) is 17.8 Å². The highest BCUT2D eigenvalue weighted by molar-refractivity contribution is 6.30. The van der Waals surface area contributed by atoms with E-state index in [9.17, 15) is 4.79 Å². The summed E-state index contributed by atoms with van der Waals surface area (Å²) in [7, 11) is 3.31. The second kappa shape index (κ2) is 10.5. The number of piperazine rings is 1. The molecule has 2 heterocycles. The number of aromatic nitrogens is 1. The topological polar surface area (TPSA) is 46.9 Å². The number of halogens is 1. The molecule has 0 bridgehead atoms. The number of hydrogen-bond donors (Lipinski definition) is 0. The Balaban J connectivity index is 1.31. The fourth-order valence-electron chi connectivity index (χ4n) is 4.89. The maximum absolute atomic E-state index is 13.3. The number of methoxy groups -OCH3 is 2. The molecule has 0 spiro atoms. The Labute approximate surface area is 216 Å². The molecule has 1 aliphatic rings. The first-order valence-electron chi connectivity index (χ1n) is 12.1. The molecule has 0 saturated carbocycles. The van der Waals surface area contributed by atoms with E-state index in [0.717, 1.165) is 57.3 Å². The molecule has 1 amide bonds. The molecule has 1 aromatic heterocycles. The van der Waals surface area contributed by atoms with Crippen LogP contribution < -0.4 is 14.4 Å². The van der Waals surface area contributed by atoms with Crippen molar-refractivity contribution in [3.8, 4) is 11.5 Å². The van der Waals surface area contributed by atoms with Gasteiger partial charge in [0.05, 0.1) is 20.6 Å². The van der Waals surface area contributed by atoms with Crippen molar-refractivity contribution in [1.29, 1.82) is 0 Å². The molecule has 7 heteroatoms. The number of benzene rings is 3. The predicted octanol–water partition coefficient (Wildman–Crippen LogP) is 5.25. The third-order valence-corrected chi connectivity index (χ3v) is 7.05. The van der Waals surface area contributed by atoms with Gasteiger partial charge in [-0.2, -0.15) is 0 Å². The maximum atomic E-state index is 13.3.